The maximum atomic E-state index is 12.4. The molecule has 0 amide bonds. The number of pyridine rings is 1. The molecule has 1 aliphatic rings. The number of hydrogen-bond donors (Lipinski definition) is 0. The summed E-state index contributed by atoms with van der Waals surface area (Å²) in [6.45, 7) is 5.47. The van der Waals surface area contributed by atoms with Gasteiger partial charge in [-0.15, -0.1) is 0 Å². The van der Waals surface area contributed by atoms with Crippen LogP contribution in [0.25, 0.3) is 0 Å². The van der Waals surface area contributed by atoms with Crippen molar-refractivity contribution in [2.75, 3.05) is 29.9 Å². The van der Waals surface area contributed by atoms with Crippen molar-refractivity contribution in [2.24, 2.45) is 0 Å². The molecular weight excluding hydrogens is 326 g/mol. The molecule has 1 aliphatic heterocycles. The van der Waals surface area contributed by atoms with Crippen LogP contribution in [0.1, 0.15) is 37.0 Å². The number of para-hydroxylation sites is 1. The zero-order valence-corrected chi connectivity index (χ0v) is 15.8. The van der Waals surface area contributed by atoms with Crippen molar-refractivity contribution in [1.82, 2.24) is 4.98 Å². The molecule has 0 radical (unpaired) electrons. The van der Waals surface area contributed by atoms with Crippen LogP contribution in [0.2, 0.25) is 0 Å². The van der Waals surface area contributed by atoms with Crippen molar-refractivity contribution < 1.29 is 9.53 Å². The van der Waals surface area contributed by atoms with E-state index in [9.17, 15) is 4.79 Å². The lowest BCUT2D eigenvalue weighted by Gasteiger charge is -2.38. The predicted octanol–water partition coefficient (Wildman–Crippen LogP) is 3.75. The summed E-state index contributed by atoms with van der Waals surface area (Å²) in [7, 11) is 2.15. The van der Waals surface area contributed by atoms with E-state index in [1.54, 1.807) is 18.3 Å². The van der Waals surface area contributed by atoms with E-state index in [0.717, 1.165) is 31.7 Å². The third-order valence-electron chi connectivity index (χ3n) is 4.82. The van der Waals surface area contributed by atoms with Crippen molar-refractivity contribution in [3.8, 4) is 0 Å². The van der Waals surface area contributed by atoms with Crippen molar-refractivity contribution in [2.45, 2.75) is 38.8 Å². The Morgan fingerprint density at radius 2 is 1.85 bits per heavy atom. The van der Waals surface area contributed by atoms with E-state index < -0.39 is 0 Å². The monoisotopic (exact) mass is 353 g/mol. The Labute approximate surface area is 155 Å². The van der Waals surface area contributed by atoms with Crippen LogP contribution < -0.4 is 9.80 Å². The number of carbonyl (C=O) groups excluding carboxylic acids is 1. The first kappa shape index (κ1) is 18.2. The van der Waals surface area contributed by atoms with Crippen molar-refractivity contribution in [3.05, 3.63) is 54.2 Å². The SMILES string of the molecule is CC(C)OC(=O)c1cccnc1N1CCC(N(C)c2ccccc2)CC1. The number of piperidine rings is 1. The van der Waals surface area contributed by atoms with E-state index in [-0.39, 0.29) is 12.1 Å². The summed E-state index contributed by atoms with van der Waals surface area (Å²) in [6.07, 6.45) is 3.66. The maximum absolute atomic E-state index is 12.4. The van der Waals surface area contributed by atoms with Crippen LogP contribution in [0.5, 0.6) is 0 Å². The zero-order chi connectivity index (χ0) is 18.5. The smallest absolute Gasteiger partial charge is 0.342 e. The van der Waals surface area contributed by atoms with Gasteiger partial charge in [-0.3, -0.25) is 0 Å². The summed E-state index contributed by atoms with van der Waals surface area (Å²) in [6, 6.07) is 14.5. The minimum atomic E-state index is -0.299. The van der Waals surface area contributed by atoms with Crippen LogP contribution >= 0.6 is 0 Å². The summed E-state index contributed by atoms with van der Waals surface area (Å²) in [4.78, 5) is 21.4. The largest absolute Gasteiger partial charge is 0.459 e. The molecule has 138 valence electrons. The van der Waals surface area contributed by atoms with E-state index in [0.29, 0.717) is 11.6 Å². The molecular formula is C21H27N3O2. The Balaban J connectivity index is 1.68. The van der Waals surface area contributed by atoms with Gasteiger partial charge in [0.25, 0.3) is 0 Å². The first-order chi connectivity index (χ1) is 12.6. The number of esters is 1. The molecule has 0 atom stereocenters. The van der Waals surface area contributed by atoms with E-state index >= 15 is 0 Å². The normalized spacial score (nSPS) is 15.2. The summed E-state index contributed by atoms with van der Waals surface area (Å²) in [5, 5.41) is 0. The van der Waals surface area contributed by atoms with Gasteiger partial charge in [-0.25, -0.2) is 9.78 Å². The van der Waals surface area contributed by atoms with Gasteiger partial charge < -0.3 is 14.5 Å². The molecule has 5 nitrogen and oxygen atoms in total. The third-order valence-corrected chi connectivity index (χ3v) is 4.82. The molecule has 1 fully saturated rings. The van der Waals surface area contributed by atoms with E-state index in [1.807, 2.05) is 19.9 Å². The van der Waals surface area contributed by atoms with E-state index in [1.165, 1.54) is 5.69 Å². The van der Waals surface area contributed by atoms with Gasteiger partial charge in [0.15, 0.2) is 0 Å². The minimum absolute atomic E-state index is 0.138. The van der Waals surface area contributed by atoms with Gasteiger partial charge in [-0.1, -0.05) is 18.2 Å². The molecule has 0 bridgehead atoms. The van der Waals surface area contributed by atoms with Gasteiger partial charge in [0.1, 0.15) is 11.4 Å². The molecule has 1 aromatic heterocycles. The molecule has 5 heteroatoms. The standard InChI is InChI=1S/C21H27N3O2/c1-16(2)26-21(25)19-10-7-13-22-20(19)24-14-11-18(12-15-24)23(3)17-8-5-4-6-9-17/h4-10,13,16,18H,11-12,14-15H2,1-3H3. The molecule has 2 heterocycles. The lowest BCUT2D eigenvalue weighted by molar-refractivity contribution is 0.0378. The number of nitrogens with zero attached hydrogens (tertiary/aromatic N) is 3. The molecule has 0 spiro atoms. The van der Waals surface area contributed by atoms with Crippen LogP contribution in [0.4, 0.5) is 11.5 Å². The first-order valence-electron chi connectivity index (χ1n) is 9.25. The summed E-state index contributed by atoms with van der Waals surface area (Å²) < 4.78 is 5.37. The van der Waals surface area contributed by atoms with Gasteiger partial charge in [0, 0.05) is 38.1 Å². The molecule has 26 heavy (non-hydrogen) atoms. The quantitative estimate of drug-likeness (QED) is 0.766. The highest BCUT2D eigenvalue weighted by Gasteiger charge is 2.26. The van der Waals surface area contributed by atoms with E-state index in [4.69, 9.17) is 4.74 Å². The highest BCUT2D eigenvalue weighted by Crippen LogP contribution is 2.26. The number of benzene rings is 1. The zero-order valence-electron chi connectivity index (χ0n) is 15.8. The van der Waals surface area contributed by atoms with Gasteiger partial charge in [0.05, 0.1) is 6.10 Å². The van der Waals surface area contributed by atoms with Crippen molar-refractivity contribution >= 4 is 17.5 Å². The highest BCUT2D eigenvalue weighted by molar-refractivity contribution is 5.94. The molecule has 0 unspecified atom stereocenters. The second-order valence-corrected chi connectivity index (χ2v) is 6.99. The minimum Gasteiger partial charge on any atom is -0.459 e. The van der Waals surface area contributed by atoms with Crippen LogP contribution in [-0.4, -0.2) is 43.2 Å². The molecule has 0 saturated carbocycles. The van der Waals surface area contributed by atoms with Gasteiger partial charge >= 0.3 is 5.97 Å². The lowest BCUT2D eigenvalue weighted by Crippen LogP contribution is -2.44. The van der Waals surface area contributed by atoms with Gasteiger partial charge in [-0.2, -0.15) is 0 Å². The number of aromatic nitrogens is 1. The Bertz CT molecular complexity index is 725. The number of carbonyl (C=O) groups is 1. The first-order valence-corrected chi connectivity index (χ1v) is 9.25. The van der Waals surface area contributed by atoms with Crippen LogP contribution in [0.15, 0.2) is 48.7 Å². The fourth-order valence-electron chi connectivity index (χ4n) is 3.42. The predicted molar refractivity (Wildman–Crippen MR) is 105 cm³/mol. The van der Waals surface area contributed by atoms with Gasteiger partial charge in [0.2, 0.25) is 0 Å². The Morgan fingerprint density at radius 3 is 2.50 bits per heavy atom. The van der Waals surface area contributed by atoms with Crippen molar-refractivity contribution in [3.63, 3.8) is 0 Å². The fraction of sp³-hybridized carbons (Fsp3) is 0.429. The molecule has 3 rings (SSSR count). The number of rotatable bonds is 5. The van der Waals surface area contributed by atoms with E-state index in [2.05, 4.69) is 46.1 Å². The number of anilines is 2. The molecule has 2 aromatic rings. The summed E-state index contributed by atoms with van der Waals surface area (Å²) in [5.41, 5.74) is 1.79. The van der Waals surface area contributed by atoms with Crippen LogP contribution in [0, 0.1) is 0 Å². The fourth-order valence-corrected chi connectivity index (χ4v) is 3.42. The molecule has 0 aliphatic carbocycles. The Kier molecular flexibility index (Phi) is 5.76. The average molecular weight is 353 g/mol. The Hall–Kier alpha value is -2.56. The van der Waals surface area contributed by atoms with Crippen LogP contribution in [0.3, 0.4) is 0 Å². The maximum Gasteiger partial charge on any atom is 0.342 e. The average Bonchev–Trinajstić information content (AvgIpc) is 2.68. The Morgan fingerprint density at radius 1 is 1.15 bits per heavy atom. The lowest BCUT2D eigenvalue weighted by atomic mass is 10.0. The highest BCUT2D eigenvalue weighted by atomic mass is 16.5. The third kappa shape index (κ3) is 4.15. The topological polar surface area (TPSA) is 45.7 Å². The second-order valence-electron chi connectivity index (χ2n) is 6.99. The summed E-state index contributed by atoms with van der Waals surface area (Å²) in [5.74, 6) is 0.436. The second kappa shape index (κ2) is 8.21. The molecule has 1 saturated heterocycles. The molecule has 1 aromatic carbocycles. The molecule has 0 N–H and O–H groups in total. The van der Waals surface area contributed by atoms with Gasteiger partial charge in [-0.05, 0) is 51.0 Å². The number of hydrogen-bond acceptors (Lipinski definition) is 5. The van der Waals surface area contributed by atoms with Crippen LogP contribution in [-0.2, 0) is 4.74 Å². The number of ether oxygens (including phenoxy) is 1. The summed E-state index contributed by atoms with van der Waals surface area (Å²) >= 11 is 0. The van der Waals surface area contributed by atoms with Crippen molar-refractivity contribution in [1.29, 1.82) is 0 Å².